The third-order valence-electron chi connectivity index (χ3n) is 4.72. The molecule has 0 amide bonds. The van der Waals surface area contributed by atoms with E-state index in [1.165, 1.54) is 12.0 Å². The normalized spacial score (nSPS) is 26.9. The molecule has 3 rings (SSSR count). The highest BCUT2D eigenvalue weighted by atomic mass is 16.5. The maximum absolute atomic E-state index is 10.6. The van der Waals surface area contributed by atoms with E-state index in [2.05, 4.69) is 25.2 Å². The summed E-state index contributed by atoms with van der Waals surface area (Å²) >= 11 is 0. The topological polar surface area (TPSA) is 41.5 Å². The van der Waals surface area contributed by atoms with Crippen LogP contribution in [0.4, 0.5) is 0 Å². The van der Waals surface area contributed by atoms with Gasteiger partial charge in [0.25, 0.3) is 0 Å². The van der Waals surface area contributed by atoms with E-state index in [1.54, 1.807) is 0 Å². The summed E-state index contributed by atoms with van der Waals surface area (Å²) in [5.41, 5.74) is 0.400. The van der Waals surface area contributed by atoms with E-state index < -0.39 is 5.60 Å². The lowest BCUT2D eigenvalue weighted by atomic mass is 9.84. The number of benzene rings is 1. The standard InChI is InChI=1S/C17H25NO2/c1-16(2)15(13-8-4-5-9-14(13)20-16)18-12-17(19)10-6-3-7-11-17/h4-5,8-9,15,18-19H,3,6-7,10-12H2,1-2H3. The van der Waals surface area contributed by atoms with E-state index in [0.29, 0.717) is 6.54 Å². The Morgan fingerprint density at radius 1 is 1.20 bits per heavy atom. The van der Waals surface area contributed by atoms with Crippen molar-refractivity contribution in [3.63, 3.8) is 0 Å². The van der Waals surface area contributed by atoms with Gasteiger partial charge in [0.2, 0.25) is 0 Å². The van der Waals surface area contributed by atoms with Gasteiger partial charge >= 0.3 is 0 Å². The number of para-hydroxylation sites is 1. The molecular formula is C17H25NO2. The largest absolute Gasteiger partial charge is 0.486 e. The molecular weight excluding hydrogens is 250 g/mol. The Morgan fingerprint density at radius 3 is 2.65 bits per heavy atom. The molecule has 3 heteroatoms. The number of hydrogen-bond acceptors (Lipinski definition) is 3. The molecule has 1 saturated carbocycles. The first kappa shape index (κ1) is 13.9. The Balaban J connectivity index is 1.73. The van der Waals surface area contributed by atoms with Gasteiger partial charge in [-0.2, -0.15) is 0 Å². The molecule has 2 N–H and O–H groups in total. The number of rotatable bonds is 3. The zero-order valence-corrected chi connectivity index (χ0v) is 12.5. The van der Waals surface area contributed by atoms with Crippen LogP contribution >= 0.6 is 0 Å². The highest BCUT2D eigenvalue weighted by molar-refractivity contribution is 5.42. The van der Waals surface area contributed by atoms with Crippen LogP contribution in [0.1, 0.15) is 57.6 Å². The van der Waals surface area contributed by atoms with E-state index >= 15 is 0 Å². The van der Waals surface area contributed by atoms with E-state index in [0.717, 1.165) is 31.4 Å². The molecule has 20 heavy (non-hydrogen) atoms. The first-order valence-corrected chi connectivity index (χ1v) is 7.74. The second kappa shape index (κ2) is 5.05. The molecule has 1 aromatic carbocycles. The summed E-state index contributed by atoms with van der Waals surface area (Å²) in [5, 5.41) is 14.2. The van der Waals surface area contributed by atoms with Crippen LogP contribution in [0, 0.1) is 0 Å². The quantitative estimate of drug-likeness (QED) is 0.890. The number of hydrogen-bond donors (Lipinski definition) is 2. The molecule has 1 heterocycles. The van der Waals surface area contributed by atoms with Crippen LogP contribution in [-0.4, -0.2) is 22.9 Å². The number of aliphatic hydroxyl groups is 1. The van der Waals surface area contributed by atoms with Gasteiger partial charge in [0.15, 0.2) is 0 Å². The van der Waals surface area contributed by atoms with Gasteiger partial charge in [-0.3, -0.25) is 0 Å². The molecule has 1 atom stereocenters. The van der Waals surface area contributed by atoms with E-state index in [9.17, 15) is 5.11 Å². The third kappa shape index (κ3) is 2.57. The zero-order chi connectivity index (χ0) is 14.2. The summed E-state index contributed by atoms with van der Waals surface area (Å²) in [5.74, 6) is 0.964. The van der Waals surface area contributed by atoms with Gasteiger partial charge in [-0.25, -0.2) is 0 Å². The van der Waals surface area contributed by atoms with Crippen molar-refractivity contribution < 1.29 is 9.84 Å². The zero-order valence-electron chi connectivity index (χ0n) is 12.5. The Morgan fingerprint density at radius 2 is 1.90 bits per heavy atom. The van der Waals surface area contributed by atoms with Gasteiger partial charge in [0.05, 0.1) is 11.6 Å². The van der Waals surface area contributed by atoms with E-state index in [1.807, 2.05) is 18.2 Å². The summed E-state index contributed by atoms with van der Waals surface area (Å²) in [4.78, 5) is 0. The predicted octanol–water partition coefficient (Wildman–Crippen LogP) is 3.18. The molecule has 0 radical (unpaired) electrons. The third-order valence-corrected chi connectivity index (χ3v) is 4.72. The number of fused-ring (bicyclic) bond motifs is 1. The van der Waals surface area contributed by atoms with Gasteiger partial charge in [0.1, 0.15) is 11.4 Å². The van der Waals surface area contributed by atoms with Crippen molar-refractivity contribution in [2.24, 2.45) is 0 Å². The van der Waals surface area contributed by atoms with Crippen molar-refractivity contribution in [2.75, 3.05) is 6.54 Å². The SMILES string of the molecule is CC1(C)Oc2ccccc2C1NCC1(O)CCCCC1. The lowest BCUT2D eigenvalue weighted by Crippen LogP contribution is -2.47. The van der Waals surface area contributed by atoms with Crippen LogP contribution in [0.5, 0.6) is 5.75 Å². The molecule has 3 nitrogen and oxygen atoms in total. The minimum Gasteiger partial charge on any atom is -0.486 e. The minimum absolute atomic E-state index is 0.143. The fourth-order valence-corrected chi connectivity index (χ4v) is 3.56. The summed E-state index contributed by atoms with van der Waals surface area (Å²) in [6.45, 7) is 4.87. The summed E-state index contributed by atoms with van der Waals surface area (Å²) < 4.78 is 6.04. The van der Waals surface area contributed by atoms with Crippen molar-refractivity contribution in [3.05, 3.63) is 29.8 Å². The number of ether oxygens (including phenoxy) is 1. The maximum Gasteiger partial charge on any atom is 0.125 e. The van der Waals surface area contributed by atoms with Gasteiger partial charge < -0.3 is 15.2 Å². The first-order valence-electron chi connectivity index (χ1n) is 7.74. The van der Waals surface area contributed by atoms with Crippen molar-refractivity contribution >= 4 is 0 Å². The second-order valence-electron chi connectivity index (χ2n) is 6.84. The van der Waals surface area contributed by atoms with Gasteiger partial charge in [-0.1, -0.05) is 37.5 Å². The molecule has 0 saturated heterocycles. The van der Waals surface area contributed by atoms with Gasteiger partial charge in [0, 0.05) is 12.1 Å². The molecule has 1 aliphatic carbocycles. The Bertz CT molecular complexity index is 478. The van der Waals surface area contributed by atoms with Crippen molar-refractivity contribution in [1.29, 1.82) is 0 Å². The Labute approximate surface area is 121 Å². The maximum atomic E-state index is 10.6. The smallest absolute Gasteiger partial charge is 0.125 e. The Kier molecular flexibility index (Phi) is 3.51. The van der Waals surface area contributed by atoms with E-state index in [4.69, 9.17) is 4.74 Å². The van der Waals surface area contributed by atoms with Crippen LogP contribution in [0.2, 0.25) is 0 Å². The first-order chi connectivity index (χ1) is 9.50. The molecule has 0 bridgehead atoms. The van der Waals surface area contributed by atoms with Crippen molar-refractivity contribution in [3.8, 4) is 5.75 Å². The fourth-order valence-electron chi connectivity index (χ4n) is 3.56. The predicted molar refractivity (Wildman–Crippen MR) is 79.9 cm³/mol. The summed E-state index contributed by atoms with van der Waals surface area (Å²) in [6, 6.07) is 8.34. The molecule has 110 valence electrons. The van der Waals surface area contributed by atoms with Crippen LogP contribution < -0.4 is 10.1 Å². The molecule has 2 aliphatic rings. The Hall–Kier alpha value is -1.06. The molecule has 1 aromatic rings. The lowest BCUT2D eigenvalue weighted by Gasteiger charge is -2.35. The van der Waals surface area contributed by atoms with E-state index in [-0.39, 0.29) is 11.6 Å². The molecule has 0 spiro atoms. The lowest BCUT2D eigenvalue weighted by molar-refractivity contribution is -0.00451. The average molecular weight is 275 g/mol. The second-order valence-corrected chi connectivity index (χ2v) is 6.84. The minimum atomic E-state index is -0.536. The van der Waals surface area contributed by atoms with Crippen LogP contribution in [0.25, 0.3) is 0 Å². The molecule has 1 unspecified atom stereocenters. The summed E-state index contributed by atoms with van der Waals surface area (Å²) in [6.07, 6.45) is 5.35. The van der Waals surface area contributed by atoms with Crippen molar-refractivity contribution in [1.82, 2.24) is 5.32 Å². The van der Waals surface area contributed by atoms with Crippen molar-refractivity contribution in [2.45, 2.75) is 63.2 Å². The van der Waals surface area contributed by atoms with Gasteiger partial charge in [-0.05, 0) is 32.8 Å². The average Bonchev–Trinajstić information content (AvgIpc) is 2.67. The number of nitrogens with one attached hydrogen (secondary N) is 1. The molecule has 1 aliphatic heterocycles. The highest BCUT2D eigenvalue weighted by Gasteiger charge is 2.42. The fraction of sp³-hybridized carbons (Fsp3) is 0.647. The molecule has 0 aromatic heterocycles. The summed E-state index contributed by atoms with van der Waals surface area (Å²) in [7, 11) is 0. The monoisotopic (exact) mass is 275 g/mol. The van der Waals surface area contributed by atoms with Crippen LogP contribution in [0.15, 0.2) is 24.3 Å². The van der Waals surface area contributed by atoms with Gasteiger partial charge in [-0.15, -0.1) is 0 Å². The highest BCUT2D eigenvalue weighted by Crippen LogP contribution is 2.43. The van der Waals surface area contributed by atoms with Crippen LogP contribution in [0.3, 0.4) is 0 Å². The van der Waals surface area contributed by atoms with Crippen LogP contribution in [-0.2, 0) is 0 Å². The molecule has 1 fully saturated rings.